The molecule has 1 aromatic carbocycles. The molecule has 0 amide bonds. The fraction of sp³-hybridized carbons (Fsp3) is 0.333. The number of hydrogen-bond donors (Lipinski definition) is 1. The van der Waals surface area contributed by atoms with Gasteiger partial charge in [0.2, 0.25) is 0 Å². The molecule has 0 saturated heterocycles. The highest BCUT2D eigenvalue weighted by Gasteiger charge is 2.25. The number of benzene rings is 1. The van der Waals surface area contributed by atoms with Crippen molar-refractivity contribution in [1.82, 2.24) is 0 Å². The minimum atomic E-state index is -0.385. The molecule has 3 heteroatoms. The monoisotopic (exact) mass is 183 g/mol. The largest absolute Gasteiger partial charge is 0.386 e. The Hall–Kier alpha value is -0.730. The number of fused-ring (bicyclic) bond motifs is 1. The van der Waals surface area contributed by atoms with E-state index in [0.717, 1.165) is 11.3 Å². The second kappa shape index (κ2) is 2.64. The van der Waals surface area contributed by atoms with Gasteiger partial charge in [0.05, 0.1) is 16.8 Å². The number of aliphatic hydroxyl groups is 1. The predicted molar refractivity (Wildman–Crippen MR) is 49.7 cm³/mol. The van der Waals surface area contributed by atoms with Crippen molar-refractivity contribution < 1.29 is 5.11 Å². The van der Waals surface area contributed by atoms with Crippen LogP contribution in [0, 0.1) is 0 Å². The van der Waals surface area contributed by atoms with Crippen molar-refractivity contribution in [3.05, 3.63) is 28.8 Å². The molecule has 0 radical (unpaired) electrons. The molecule has 1 atom stereocenters. The highest BCUT2D eigenvalue weighted by molar-refractivity contribution is 6.33. The first-order chi connectivity index (χ1) is 5.70. The smallest absolute Gasteiger partial charge is 0.0985 e. The van der Waals surface area contributed by atoms with Crippen LogP contribution in [0.3, 0.4) is 0 Å². The van der Waals surface area contributed by atoms with Crippen LogP contribution in [0.25, 0.3) is 0 Å². The molecule has 0 bridgehead atoms. The third-order valence-electron chi connectivity index (χ3n) is 2.21. The van der Waals surface area contributed by atoms with Gasteiger partial charge in [0, 0.05) is 19.2 Å². The average molecular weight is 184 g/mol. The van der Waals surface area contributed by atoms with Crippen LogP contribution in [0.5, 0.6) is 0 Å². The van der Waals surface area contributed by atoms with E-state index in [9.17, 15) is 5.11 Å². The van der Waals surface area contributed by atoms with Crippen LogP contribution in [-0.2, 0) is 0 Å². The Morgan fingerprint density at radius 3 is 3.00 bits per heavy atom. The molecule has 1 aliphatic rings. The minimum absolute atomic E-state index is 0.385. The third-order valence-corrected chi connectivity index (χ3v) is 2.51. The molecule has 1 heterocycles. The number of para-hydroxylation sites is 1. The summed E-state index contributed by atoms with van der Waals surface area (Å²) in [7, 11) is 1.93. The Morgan fingerprint density at radius 1 is 1.58 bits per heavy atom. The summed E-state index contributed by atoms with van der Waals surface area (Å²) in [6, 6.07) is 5.62. The predicted octanol–water partition coefficient (Wildman–Crippen LogP) is 1.82. The molecule has 12 heavy (non-hydrogen) atoms. The topological polar surface area (TPSA) is 23.5 Å². The molecule has 0 unspecified atom stereocenters. The van der Waals surface area contributed by atoms with E-state index in [0.29, 0.717) is 11.6 Å². The minimum Gasteiger partial charge on any atom is -0.386 e. The van der Waals surface area contributed by atoms with Crippen LogP contribution >= 0.6 is 11.6 Å². The van der Waals surface area contributed by atoms with Crippen LogP contribution < -0.4 is 4.90 Å². The van der Waals surface area contributed by atoms with Gasteiger partial charge in [-0.3, -0.25) is 0 Å². The Labute approximate surface area is 76.4 Å². The van der Waals surface area contributed by atoms with Crippen LogP contribution in [0.1, 0.15) is 11.7 Å². The first-order valence-electron chi connectivity index (χ1n) is 3.88. The van der Waals surface area contributed by atoms with Gasteiger partial charge in [0.1, 0.15) is 0 Å². The van der Waals surface area contributed by atoms with E-state index >= 15 is 0 Å². The Kier molecular flexibility index (Phi) is 1.74. The highest BCUT2D eigenvalue weighted by atomic mass is 35.5. The average Bonchev–Trinajstić information content (AvgIpc) is 2.29. The van der Waals surface area contributed by atoms with E-state index in [1.807, 2.05) is 30.1 Å². The fourth-order valence-electron chi connectivity index (χ4n) is 1.65. The summed E-state index contributed by atoms with van der Waals surface area (Å²) in [5.74, 6) is 0. The maximum absolute atomic E-state index is 9.58. The molecule has 2 rings (SSSR count). The van der Waals surface area contributed by atoms with Crippen molar-refractivity contribution in [1.29, 1.82) is 0 Å². The number of rotatable bonds is 0. The first kappa shape index (κ1) is 7.90. The molecular formula is C9H10ClNO. The Bertz CT molecular complexity index is 313. The first-order valence-corrected chi connectivity index (χ1v) is 4.25. The lowest BCUT2D eigenvalue weighted by Gasteiger charge is -2.12. The van der Waals surface area contributed by atoms with Gasteiger partial charge in [-0.05, 0) is 6.07 Å². The fourth-order valence-corrected chi connectivity index (χ4v) is 1.98. The molecule has 0 aliphatic carbocycles. The molecule has 64 valence electrons. The lowest BCUT2D eigenvalue weighted by atomic mass is 10.1. The maximum Gasteiger partial charge on any atom is 0.0985 e. The van der Waals surface area contributed by atoms with Gasteiger partial charge in [-0.25, -0.2) is 0 Å². The van der Waals surface area contributed by atoms with Gasteiger partial charge in [-0.1, -0.05) is 23.7 Å². The molecular weight excluding hydrogens is 174 g/mol. The van der Waals surface area contributed by atoms with Crippen LogP contribution in [-0.4, -0.2) is 18.7 Å². The second-order valence-electron chi connectivity index (χ2n) is 3.07. The number of aliphatic hydroxyl groups excluding tert-OH is 1. The normalized spacial score (nSPS) is 21.2. The third kappa shape index (κ3) is 0.993. The summed E-state index contributed by atoms with van der Waals surface area (Å²) in [6.07, 6.45) is -0.385. The molecule has 0 aromatic heterocycles. The van der Waals surface area contributed by atoms with Crippen LogP contribution in [0.2, 0.25) is 5.02 Å². The zero-order valence-electron chi connectivity index (χ0n) is 6.79. The summed E-state index contributed by atoms with van der Waals surface area (Å²) in [5.41, 5.74) is 1.90. The van der Waals surface area contributed by atoms with Crippen molar-refractivity contribution >= 4 is 17.3 Å². The SMILES string of the molecule is CN1C[C@@H](O)c2cccc(Cl)c21. The van der Waals surface area contributed by atoms with Gasteiger partial charge in [0.15, 0.2) is 0 Å². The van der Waals surface area contributed by atoms with Gasteiger partial charge >= 0.3 is 0 Å². The number of β-amino-alcohol motifs (C(OH)–C–C–N with tert-alkyl or cyclic N) is 1. The van der Waals surface area contributed by atoms with E-state index in [1.54, 1.807) is 0 Å². The number of halogens is 1. The van der Waals surface area contributed by atoms with E-state index in [4.69, 9.17) is 11.6 Å². The van der Waals surface area contributed by atoms with Crippen molar-refractivity contribution in [2.75, 3.05) is 18.5 Å². The molecule has 2 nitrogen and oxygen atoms in total. The van der Waals surface area contributed by atoms with Crippen molar-refractivity contribution in [2.24, 2.45) is 0 Å². The van der Waals surface area contributed by atoms with Crippen molar-refractivity contribution in [2.45, 2.75) is 6.10 Å². The second-order valence-corrected chi connectivity index (χ2v) is 3.48. The van der Waals surface area contributed by atoms with Gasteiger partial charge < -0.3 is 10.0 Å². The molecule has 0 fully saturated rings. The summed E-state index contributed by atoms with van der Waals surface area (Å²) >= 11 is 5.98. The van der Waals surface area contributed by atoms with E-state index in [2.05, 4.69) is 0 Å². The van der Waals surface area contributed by atoms with E-state index in [-0.39, 0.29) is 6.10 Å². The van der Waals surface area contributed by atoms with E-state index in [1.165, 1.54) is 0 Å². The van der Waals surface area contributed by atoms with Crippen molar-refractivity contribution in [3.63, 3.8) is 0 Å². The number of likely N-dealkylation sites (N-methyl/N-ethyl adjacent to an activating group) is 1. The van der Waals surface area contributed by atoms with Crippen LogP contribution in [0.4, 0.5) is 5.69 Å². The summed E-state index contributed by atoms with van der Waals surface area (Å²) in [4.78, 5) is 1.97. The summed E-state index contributed by atoms with van der Waals surface area (Å²) < 4.78 is 0. The number of nitrogens with zero attached hydrogens (tertiary/aromatic N) is 1. The molecule has 0 spiro atoms. The lowest BCUT2D eigenvalue weighted by Crippen LogP contribution is -2.15. The number of anilines is 1. The molecule has 1 aromatic rings. The maximum atomic E-state index is 9.58. The zero-order valence-corrected chi connectivity index (χ0v) is 7.54. The summed E-state index contributed by atoms with van der Waals surface area (Å²) in [5, 5.41) is 10.3. The summed E-state index contributed by atoms with van der Waals surface area (Å²) in [6.45, 7) is 0.638. The molecule has 1 aliphatic heterocycles. The zero-order chi connectivity index (χ0) is 8.72. The quantitative estimate of drug-likeness (QED) is 0.664. The Balaban J connectivity index is 2.59. The van der Waals surface area contributed by atoms with Crippen molar-refractivity contribution in [3.8, 4) is 0 Å². The lowest BCUT2D eigenvalue weighted by molar-refractivity contribution is 0.195. The number of hydrogen-bond acceptors (Lipinski definition) is 2. The van der Waals surface area contributed by atoms with Gasteiger partial charge in [-0.2, -0.15) is 0 Å². The molecule has 0 saturated carbocycles. The van der Waals surface area contributed by atoms with E-state index < -0.39 is 0 Å². The Morgan fingerprint density at radius 2 is 2.33 bits per heavy atom. The van der Waals surface area contributed by atoms with Gasteiger partial charge in [0.25, 0.3) is 0 Å². The van der Waals surface area contributed by atoms with Gasteiger partial charge in [-0.15, -0.1) is 0 Å². The van der Waals surface area contributed by atoms with Crippen LogP contribution in [0.15, 0.2) is 18.2 Å². The molecule has 1 N–H and O–H groups in total. The standard InChI is InChI=1S/C9H10ClNO/c1-11-5-8(12)6-3-2-4-7(10)9(6)11/h2-4,8,12H,5H2,1H3/t8-/m1/s1. The highest BCUT2D eigenvalue weighted by Crippen LogP contribution is 2.38.